The van der Waals surface area contributed by atoms with Gasteiger partial charge in [0.25, 0.3) is 0 Å². The van der Waals surface area contributed by atoms with E-state index in [2.05, 4.69) is 11.3 Å². The molecule has 0 rings (SSSR count). The second-order valence-corrected chi connectivity index (χ2v) is 2.45. The molecule has 5 nitrogen and oxygen atoms in total. The van der Waals surface area contributed by atoms with Gasteiger partial charge in [-0.25, -0.2) is 4.79 Å². The number of allylic oxidation sites excluding steroid dienone is 1. The molecule has 5 heteroatoms. The molecule has 0 radical (unpaired) electrons. The van der Waals surface area contributed by atoms with Gasteiger partial charge in [0, 0.05) is 0 Å². The number of aliphatic hydroxyl groups is 2. The van der Waals surface area contributed by atoms with Gasteiger partial charge in [0.05, 0.1) is 5.92 Å². The third kappa shape index (κ3) is 3.36. The average molecular weight is 176 g/mol. The molecule has 0 bridgehead atoms. The van der Waals surface area contributed by atoms with Crippen molar-refractivity contribution in [2.75, 3.05) is 0 Å². The standard InChI is InChI=1S/C7H12O5/c1-3-4-5(2)7(10,11)12-6(8)9/h3,5,10-11H,1,4H2,2H3,(H,8,9). The molecule has 0 fully saturated rings. The van der Waals surface area contributed by atoms with Crippen molar-refractivity contribution in [3.8, 4) is 0 Å². The molecule has 70 valence electrons. The van der Waals surface area contributed by atoms with Gasteiger partial charge in [-0.1, -0.05) is 13.0 Å². The second kappa shape index (κ2) is 4.08. The van der Waals surface area contributed by atoms with E-state index in [1.165, 1.54) is 13.0 Å². The topological polar surface area (TPSA) is 87.0 Å². The maximum Gasteiger partial charge on any atom is 0.510 e. The molecule has 1 atom stereocenters. The van der Waals surface area contributed by atoms with Gasteiger partial charge in [0.15, 0.2) is 0 Å². The van der Waals surface area contributed by atoms with E-state index in [-0.39, 0.29) is 6.42 Å². The van der Waals surface area contributed by atoms with E-state index in [0.29, 0.717) is 0 Å². The van der Waals surface area contributed by atoms with Crippen LogP contribution in [0.5, 0.6) is 0 Å². The van der Waals surface area contributed by atoms with E-state index in [0.717, 1.165) is 0 Å². The number of carboxylic acid groups (broad SMARTS) is 1. The summed E-state index contributed by atoms with van der Waals surface area (Å²) >= 11 is 0. The lowest BCUT2D eigenvalue weighted by molar-refractivity contribution is -0.338. The first kappa shape index (κ1) is 10.9. The van der Waals surface area contributed by atoms with Crippen molar-refractivity contribution in [1.29, 1.82) is 0 Å². The Morgan fingerprint density at radius 1 is 1.75 bits per heavy atom. The molecule has 0 heterocycles. The van der Waals surface area contributed by atoms with Gasteiger partial charge in [0.1, 0.15) is 0 Å². The van der Waals surface area contributed by atoms with Gasteiger partial charge in [-0.2, -0.15) is 0 Å². The Kier molecular flexibility index (Phi) is 3.72. The van der Waals surface area contributed by atoms with Gasteiger partial charge in [-0.3, -0.25) is 0 Å². The summed E-state index contributed by atoms with van der Waals surface area (Å²) in [4.78, 5) is 9.96. The minimum absolute atomic E-state index is 0.250. The minimum atomic E-state index is -2.64. The molecular formula is C7H12O5. The van der Waals surface area contributed by atoms with Crippen LogP contribution in [0.1, 0.15) is 13.3 Å². The zero-order valence-corrected chi connectivity index (χ0v) is 6.73. The predicted octanol–water partition coefficient (Wildman–Crippen LogP) is 0.532. The molecule has 0 aliphatic carbocycles. The van der Waals surface area contributed by atoms with E-state index in [1.807, 2.05) is 0 Å². The lowest BCUT2D eigenvalue weighted by Gasteiger charge is -2.25. The zero-order valence-electron chi connectivity index (χ0n) is 6.73. The predicted molar refractivity (Wildman–Crippen MR) is 40.3 cm³/mol. The van der Waals surface area contributed by atoms with Gasteiger partial charge >= 0.3 is 12.1 Å². The Morgan fingerprint density at radius 3 is 2.58 bits per heavy atom. The number of hydrogen-bond donors (Lipinski definition) is 3. The van der Waals surface area contributed by atoms with Crippen molar-refractivity contribution in [2.24, 2.45) is 5.92 Å². The van der Waals surface area contributed by atoms with Crippen molar-refractivity contribution in [3.05, 3.63) is 12.7 Å². The van der Waals surface area contributed by atoms with E-state index < -0.39 is 18.0 Å². The first-order valence-electron chi connectivity index (χ1n) is 3.37. The highest BCUT2D eigenvalue weighted by molar-refractivity contribution is 5.57. The molecule has 0 aliphatic rings. The summed E-state index contributed by atoms with van der Waals surface area (Å²) in [6.07, 6.45) is -0.0342. The maximum atomic E-state index is 9.96. The van der Waals surface area contributed by atoms with Crippen molar-refractivity contribution < 1.29 is 24.9 Å². The van der Waals surface area contributed by atoms with E-state index in [4.69, 9.17) is 15.3 Å². The summed E-state index contributed by atoms with van der Waals surface area (Å²) in [5, 5.41) is 26.1. The van der Waals surface area contributed by atoms with Crippen LogP contribution >= 0.6 is 0 Å². The molecule has 0 spiro atoms. The van der Waals surface area contributed by atoms with Crippen LogP contribution in [-0.4, -0.2) is 27.4 Å². The Hall–Kier alpha value is -1.07. The Bertz CT molecular complexity index is 175. The Labute approximate surface area is 69.9 Å². The summed E-state index contributed by atoms with van der Waals surface area (Å²) in [5.41, 5.74) is 0. The molecule has 0 aromatic heterocycles. The normalized spacial score (nSPS) is 13.6. The molecule has 3 N–H and O–H groups in total. The summed E-state index contributed by atoms with van der Waals surface area (Å²) in [5.74, 6) is -3.38. The lowest BCUT2D eigenvalue weighted by Crippen LogP contribution is -2.40. The van der Waals surface area contributed by atoms with Crippen LogP contribution in [-0.2, 0) is 4.74 Å². The van der Waals surface area contributed by atoms with Gasteiger partial charge in [0.2, 0.25) is 0 Å². The monoisotopic (exact) mass is 176 g/mol. The smallest absolute Gasteiger partial charge is 0.450 e. The van der Waals surface area contributed by atoms with Gasteiger partial charge < -0.3 is 20.1 Å². The quantitative estimate of drug-likeness (QED) is 0.330. The van der Waals surface area contributed by atoms with E-state index >= 15 is 0 Å². The van der Waals surface area contributed by atoms with Crippen molar-refractivity contribution in [1.82, 2.24) is 0 Å². The molecule has 0 amide bonds. The highest BCUT2D eigenvalue weighted by atomic mass is 16.8. The van der Waals surface area contributed by atoms with Crippen molar-refractivity contribution in [2.45, 2.75) is 19.3 Å². The number of carbonyl (C=O) groups is 1. The van der Waals surface area contributed by atoms with Crippen LogP contribution in [0.4, 0.5) is 4.79 Å². The Morgan fingerprint density at radius 2 is 2.25 bits per heavy atom. The third-order valence-corrected chi connectivity index (χ3v) is 1.40. The van der Waals surface area contributed by atoms with Crippen LogP contribution in [0.25, 0.3) is 0 Å². The van der Waals surface area contributed by atoms with Crippen LogP contribution < -0.4 is 0 Å². The molecule has 0 aromatic rings. The fourth-order valence-electron chi connectivity index (χ4n) is 0.633. The highest BCUT2D eigenvalue weighted by Gasteiger charge is 2.34. The molecule has 0 aliphatic heterocycles. The first-order chi connectivity index (χ1) is 5.40. The highest BCUT2D eigenvalue weighted by Crippen LogP contribution is 2.19. The van der Waals surface area contributed by atoms with Crippen LogP contribution in [0, 0.1) is 5.92 Å². The Balaban J connectivity index is 4.16. The molecule has 0 saturated carbocycles. The number of ether oxygens (including phenoxy) is 1. The van der Waals surface area contributed by atoms with Crippen LogP contribution in [0.15, 0.2) is 12.7 Å². The van der Waals surface area contributed by atoms with Crippen LogP contribution in [0.3, 0.4) is 0 Å². The van der Waals surface area contributed by atoms with E-state index in [1.54, 1.807) is 0 Å². The first-order valence-corrected chi connectivity index (χ1v) is 3.37. The summed E-state index contributed by atoms with van der Waals surface area (Å²) in [6, 6.07) is 0. The SMILES string of the molecule is C=CCC(C)C(O)(O)OC(=O)O. The minimum Gasteiger partial charge on any atom is -0.450 e. The zero-order chi connectivity index (χ0) is 9.78. The van der Waals surface area contributed by atoms with Gasteiger partial charge in [-0.05, 0) is 6.42 Å². The van der Waals surface area contributed by atoms with Crippen LogP contribution in [0.2, 0.25) is 0 Å². The fourth-order valence-corrected chi connectivity index (χ4v) is 0.633. The largest absolute Gasteiger partial charge is 0.510 e. The maximum absolute atomic E-state index is 9.96. The molecular weight excluding hydrogens is 164 g/mol. The molecule has 0 aromatic carbocycles. The molecule has 1 unspecified atom stereocenters. The van der Waals surface area contributed by atoms with Crippen molar-refractivity contribution >= 4 is 6.16 Å². The number of hydrogen-bond acceptors (Lipinski definition) is 4. The summed E-state index contributed by atoms with van der Waals surface area (Å²) in [6.45, 7) is 4.80. The lowest BCUT2D eigenvalue weighted by atomic mass is 10.1. The van der Waals surface area contributed by atoms with Gasteiger partial charge in [-0.15, -0.1) is 6.58 Å². The number of rotatable bonds is 4. The van der Waals surface area contributed by atoms with Crippen molar-refractivity contribution in [3.63, 3.8) is 0 Å². The van der Waals surface area contributed by atoms with E-state index in [9.17, 15) is 4.79 Å². The average Bonchev–Trinajstić information content (AvgIpc) is 1.85. The fraction of sp³-hybridized carbons (Fsp3) is 0.571. The summed E-state index contributed by atoms with van der Waals surface area (Å²) in [7, 11) is 0. The molecule has 12 heavy (non-hydrogen) atoms. The third-order valence-electron chi connectivity index (χ3n) is 1.40. The summed E-state index contributed by atoms with van der Waals surface area (Å²) < 4.78 is 3.83. The second-order valence-electron chi connectivity index (χ2n) is 2.45. The molecule has 0 saturated heterocycles.